The van der Waals surface area contributed by atoms with Crippen molar-refractivity contribution < 1.29 is 4.74 Å². The van der Waals surface area contributed by atoms with Crippen LogP contribution in [0.15, 0.2) is 34.6 Å². The first-order valence-corrected chi connectivity index (χ1v) is 10.7. The van der Waals surface area contributed by atoms with Crippen molar-refractivity contribution in [1.29, 1.82) is 0 Å². The Kier molecular flexibility index (Phi) is 10.6. The molecule has 2 rings (SSSR count). The maximum absolute atomic E-state index is 5.36. The molecule has 2 aromatic rings. The van der Waals surface area contributed by atoms with Crippen molar-refractivity contribution in [3.63, 3.8) is 0 Å². The second kappa shape index (κ2) is 11.9. The molecular formula is C22H35IN4OS. The van der Waals surface area contributed by atoms with E-state index in [-0.39, 0.29) is 35.5 Å². The molecule has 29 heavy (non-hydrogen) atoms. The van der Waals surface area contributed by atoms with Crippen LogP contribution in [0.25, 0.3) is 0 Å². The molecule has 0 saturated carbocycles. The molecule has 0 bridgehead atoms. The van der Waals surface area contributed by atoms with Gasteiger partial charge in [0.15, 0.2) is 5.96 Å². The maximum atomic E-state index is 5.36. The summed E-state index contributed by atoms with van der Waals surface area (Å²) in [4.78, 5) is 11.7. The first-order chi connectivity index (χ1) is 13.3. The molecule has 0 spiro atoms. The van der Waals surface area contributed by atoms with Crippen LogP contribution >= 0.6 is 35.3 Å². The fourth-order valence-electron chi connectivity index (χ4n) is 2.84. The van der Waals surface area contributed by atoms with Crippen LogP contribution in [0.3, 0.4) is 0 Å². The van der Waals surface area contributed by atoms with E-state index in [9.17, 15) is 0 Å². The highest BCUT2D eigenvalue weighted by Crippen LogP contribution is 2.24. The molecule has 1 aromatic heterocycles. The van der Waals surface area contributed by atoms with E-state index in [1.165, 1.54) is 11.1 Å². The number of aryl methyl sites for hydroxylation is 1. The molecule has 1 atom stereocenters. The summed E-state index contributed by atoms with van der Waals surface area (Å²) in [6.07, 6.45) is 0.0290. The van der Waals surface area contributed by atoms with E-state index in [4.69, 9.17) is 14.7 Å². The number of ether oxygens (including phenoxy) is 1. The minimum absolute atomic E-state index is 0. The van der Waals surface area contributed by atoms with Gasteiger partial charge >= 0.3 is 0 Å². The Morgan fingerprint density at radius 3 is 2.55 bits per heavy atom. The van der Waals surface area contributed by atoms with Crippen molar-refractivity contribution >= 4 is 41.3 Å². The largest absolute Gasteiger partial charge is 0.375 e. The van der Waals surface area contributed by atoms with Gasteiger partial charge in [0.2, 0.25) is 0 Å². The molecular weight excluding hydrogens is 495 g/mol. The molecule has 1 N–H and O–H groups in total. The third kappa shape index (κ3) is 7.53. The van der Waals surface area contributed by atoms with Crippen LogP contribution in [0.5, 0.6) is 0 Å². The number of benzene rings is 1. The molecule has 0 aliphatic heterocycles. The topological polar surface area (TPSA) is 49.8 Å². The smallest absolute Gasteiger partial charge is 0.194 e. The third-order valence-electron chi connectivity index (χ3n) is 4.82. The van der Waals surface area contributed by atoms with Gasteiger partial charge in [-0.25, -0.2) is 4.98 Å². The number of hydrogen-bond acceptors (Lipinski definition) is 4. The van der Waals surface area contributed by atoms with Crippen LogP contribution in [0.1, 0.15) is 55.6 Å². The second-order valence-electron chi connectivity index (χ2n) is 7.83. The van der Waals surface area contributed by atoms with Crippen molar-refractivity contribution in [2.45, 2.75) is 52.7 Å². The fraction of sp³-hybridized carbons (Fsp3) is 0.545. The van der Waals surface area contributed by atoms with E-state index in [0.29, 0.717) is 13.1 Å². The number of halogens is 1. The minimum atomic E-state index is -0.0308. The summed E-state index contributed by atoms with van der Waals surface area (Å²) in [7, 11) is 3.77. The van der Waals surface area contributed by atoms with Crippen LogP contribution in [0.4, 0.5) is 0 Å². The Morgan fingerprint density at radius 1 is 1.31 bits per heavy atom. The summed E-state index contributed by atoms with van der Waals surface area (Å²) in [5.74, 6) is 0.900. The zero-order valence-corrected chi connectivity index (χ0v) is 21.8. The van der Waals surface area contributed by atoms with E-state index in [1.807, 2.05) is 6.92 Å². The van der Waals surface area contributed by atoms with Gasteiger partial charge in [-0.15, -0.1) is 35.3 Å². The summed E-state index contributed by atoms with van der Waals surface area (Å²) in [6.45, 7) is 13.0. The number of guanidine groups is 1. The van der Waals surface area contributed by atoms with Gasteiger partial charge < -0.3 is 15.0 Å². The number of aromatic nitrogens is 1. The standard InChI is InChI=1S/C22H34N4OS.HI/c1-8-23-21(24-15-22(4,5)18-11-9-16(2)10-12-18)26(6)13-19-14-28-20(25-19)17(3)27-7;/h9-12,14,17H,8,13,15H2,1-7H3,(H,23,24);1H. The van der Waals surface area contributed by atoms with E-state index in [1.54, 1.807) is 18.4 Å². The highest BCUT2D eigenvalue weighted by Gasteiger charge is 2.21. The number of methoxy groups -OCH3 is 1. The maximum Gasteiger partial charge on any atom is 0.194 e. The molecule has 0 fully saturated rings. The highest BCUT2D eigenvalue weighted by molar-refractivity contribution is 14.0. The lowest BCUT2D eigenvalue weighted by Gasteiger charge is -2.26. The van der Waals surface area contributed by atoms with E-state index < -0.39 is 0 Å². The van der Waals surface area contributed by atoms with E-state index in [0.717, 1.165) is 23.2 Å². The summed E-state index contributed by atoms with van der Waals surface area (Å²) in [5, 5.41) is 6.51. The van der Waals surface area contributed by atoms with E-state index >= 15 is 0 Å². The summed E-state index contributed by atoms with van der Waals surface area (Å²) in [6, 6.07) is 8.74. The van der Waals surface area contributed by atoms with Gasteiger partial charge in [-0.3, -0.25) is 4.99 Å². The van der Waals surface area contributed by atoms with Crippen LogP contribution in [-0.4, -0.2) is 43.1 Å². The molecule has 1 aromatic carbocycles. The van der Waals surface area contributed by atoms with Gasteiger partial charge in [0, 0.05) is 31.5 Å². The minimum Gasteiger partial charge on any atom is -0.375 e. The molecule has 1 heterocycles. The lowest BCUT2D eigenvalue weighted by molar-refractivity contribution is 0.119. The summed E-state index contributed by atoms with van der Waals surface area (Å²) >= 11 is 1.64. The number of hydrogen-bond donors (Lipinski definition) is 1. The molecule has 0 saturated heterocycles. The van der Waals surface area contributed by atoms with Crippen molar-refractivity contribution in [1.82, 2.24) is 15.2 Å². The summed E-state index contributed by atoms with van der Waals surface area (Å²) in [5.41, 5.74) is 3.59. The molecule has 0 radical (unpaired) electrons. The lowest BCUT2D eigenvalue weighted by Crippen LogP contribution is -2.39. The van der Waals surface area contributed by atoms with Crippen LogP contribution in [0, 0.1) is 6.92 Å². The molecule has 162 valence electrons. The van der Waals surface area contributed by atoms with Gasteiger partial charge in [0.25, 0.3) is 0 Å². The molecule has 7 heteroatoms. The Hall–Kier alpha value is -1.19. The quantitative estimate of drug-likeness (QED) is 0.291. The Labute approximate surface area is 197 Å². The Bertz CT molecular complexity index is 773. The van der Waals surface area contributed by atoms with Crippen molar-refractivity contribution in [2.75, 3.05) is 27.2 Å². The van der Waals surface area contributed by atoms with Gasteiger partial charge in [-0.2, -0.15) is 0 Å². The van der Waals surface area contributed by atoms with Crippen molar-refractivity contribution in [3.05, 3.63) is 51.5 Å². The SMILES string of the molecule is CCNC(=NCC(C)(C)c1ccc(C)cc1)N(C)Cc1csc(C(C)OC)n1.I. The van der Waals surface area contributed by atoms with Crippen molar-refractivity contribution in [2.24, 2.45) is 4.99 Å². The number of rotatable bonds is 8. The second-order valence-corrected chi connectivity index (χ2v) is 8.72. The fourth-order valence-corrected chi connectivity index (χ4v) is 3.68. The first-order valence-electron chi connectivity index (χ1n) is 9.80. The number of thiazole rings is 1. The normalized spacial score (nSPS) is 13.0. The van der Waals surface area contributed by atoms with Crippen LogP contribution in [0.2, 0.25) is 0 Å². The van der Waals surface area contributed by atoms with Gasteiger partial charge in [-0.1, -0.05) is 43.7 Å². The first kappa shape index (κ1) is 25.8. The zero-order valence-electron chi connectivity index (χ0n) is 18.7. The van der Waals surface area contributed by atoms with E-state index in [2.05, 4.69) is 74.6 Å². The van der Waals surface area contributed by atoms with Gasteiger partial charge in [0.1, 0.15) is 11.1 Å². The molecule has 5 nitrogen and oxygen atoms in total. The molecule has 1 unspecified atom stereocenters. The average molecular weight is 531 g/mol. The van der Waals surface area contributed by atoms with Gasteiger partial charge in [-0.05, 0) is 26.3 Å². The Balaban J connectivity index is 0.00000420. The summed E-state index contributed by atoms with van der Waals surface area (Å²) < 4.78 is 5.36. The van der Waals surface area contributed by atoms with Crippen LogP contribution in [-0.2, 0) is 16.7 Å². The molecule has 0 amide bonds. The predicted molar refractivity (Wildman–Crippen MR) is 135 cm³/mol. The highest BCUT2D eigenvalue weighted by atomic mass is 127. The molecule has 0 aliphatic rings. The average Bonchev–Trinajstić information content (AvgIpc) is 3.13. The number of aliphatic imine (C=N–C) groups is 1. The number of nitrogens with one attached hydrogen (secondary N) is 1. The molecule has 0 aliphatic carbocycles. The van der Waals surface area contributed by atoms with Gasteiger partial charge in [0.05, 0.1) is 18.8 Å². The zero-order chi connectivity index (χ0) is 20.7. The number of nitrogens with zero attached hydrogens (tertiary/aromatic N) is 3. The lowest BCUT2D eigenvalue weighted by atomic mass is 9.84. The van der Waals surface area contributed by atoms with Crippen molar-refractivity contribution in [3.8, 4) is 0 Å². The predicted octanol–water partition coefficient (Wildman–Crippen LogP) is 5.15. The third-order valence-corrected chi connectivity index (χ3v) is 5.88. The Morgan fingerprint density at radius 2 is 1.97 bits per heavy atom. The monoisotopic (exact) mass is 530 g/mol. The van der Waals surface area contributed by atoms with Crippen LogP contribution < -0.4 is 5.32 Å².